The lowest BCUT2D eigenvalue weighted by Crippen LogP contribution is -2.48. The lowest BCUT2D eigenvalue weighted by molar-refractivity contribution is -0.146. The summed E-state index contributed by atoms with van der Waals surface area (Å²) in [7, 11) is 1.29. The van der Waals surface area contributed by atoms with Gasteiger partial charge in [-0.1, -0.05) is 46.3 Å². The van der Waals surface area contributed by atoms with Crippen LogP contribution in [0.3, 0.4) is 0 Å². The van der Waals surface area contributed by atoms with Crippen molar-refractivity contribution in [1.82, 2.24) is 10.2 Å². The monoisotopic (exact) mass is 473 g/mol. The Labute approximate surface area is 183 Å². The first-order valence-corrected chi connectivity index (χ1v) is 10.5. The van der Waals surface area contributed by atoms with E-state index in [0.29, 0.717) is 37.2 Å². The molecule has 2 aromatic rings. The number of amides is 3. The van der Waals surface area contributed by atoms with Crippen molar-refractivity contribution in [2.24, 2.45) is 5.92 Å². The predicted octanol–water partition coefficient (Wildman–Crippen LogP) is 3.72. The lowest BCUT2D eigenvalue weighted by atomic mass is 9.96. The van der Waals surface area contributed by atoms with Crippen molar-refractivity contribution in [2.45, 2.75) is 18.9 Å². The van der Waals surface area contributed by atoms with Crippen LogP contribution in [0.2, 0.25) is 0 Å². The second kappa shape index (κ2) is 10.2. The standard InChI is InChI=1S/C22H24BrN3O4/c1-30-21(28)19(15-9-11-17(23)12-10-15)25-20(27)16-6-5-13-26(14-16)22(29)24-18-7-3-2-4-8-18/h2-4,7-12,16,19H,5-6,13-14H2,1H3,(H,24,29)(H,25,27)/t16-,19-/m1/s1. The van der Waals surface area contributed by atoms with Crippen LogP contribution in [-0.4, -0.2) is 43.0 Å². The van der Waals surface area contributed by atoms with Crippen molar-refractivity contribution in [1.29, 1.82) is 0 Å². The fraction of sp³-hybridized carbons (Fsp3) is 0.318. The first kappa shape index (κ1) is 21.8. The molecule has 7 nitrogen and oxygen atoms in total. The van der Waals surface area contributed by atoms with Crippen molar-refractivity contribution < 1.29 is 19.1 Å². The second-order valence-electron chi connectivity index (χ2n) is 7.10. The highest BCUT2D eigenvalue weighted by molar-refractivity contribution is 9.10. The van der Waals surface area contributed by atoms with Crippen LogP contribution in [0, 0.1) is 5.92 Å². The fourth-order valence-corrected chi connectivity index (χ4v) is 3.68. The molecule has 3 rings (SSSR count). The minimum atomic E-state index is -0.899. The molecule has 2 aromatic carbocycles. The molecule has 1 heterocycles. The van der Waals surface area contributed by atoms with Gasteiger partial charge in [0.15, 0.2) is 6.04 Å². The summed E-state index contributed by atoms with van der Waals surface area (Å²) in [6, 6.07) is 15.2. The summed E-state index contributed by atoms with van der Waals surface area (Å²) in [5.74, 6) is -1.21. The number of urea groups is 1. The average molecular weight is 474 g/mol. The molecular formula is C22H24BrN3O4. The number of hydrogen-bond acceptors (Lipinski definition) is 4. The Balaban J connectivity index is 1.65. The topological polar surface area (TPSA) is 87.7 Å². The van der Waals surface area contributed by atoms with E-state index in [4.69, 9.17) is 4.74 Å². The number of carbonyl (C=O) groups is 3. The number of rotatable bonds is 5. The first-order chi connectivity index (χ1) is 14.5. The summed E-state index contributed by atoms with van der Waals surface area (Å²) in [5, 5.41) is 5.64. The van der Waals surface area contributed by atoms with Crippen LogP contribution in [0.1, 0.15) is 24.4 Å². The third kappa shape index (κ3) is 5.60. The molecule has 2 atom stereocenters. The summed E-state index contributed by atoms with van der Waals surface area (Å²) in [4.78, 5) is 39.4. The largest absolute Gasteiger partial charge is 0.467 e. The Morgan fingerprint density at radius 1 is 1.10 bits per heavy atom. The van der Waals surface area contributed by atoms with E-state index >= 15 is 0 Å². The first-order valence-electron chi connectivity index (χ1n) is 9.72. The van der Waals surface area contributed by atoms with Crippen LogP contribution in [0.25, 0.3) is 0 Å². The molecule has 1 aliphatic rings. The Morgan fingerprint density at radius 2 is 1.80 bits per heavy atom. The van der Waals surface area contributed by atoms with Crippen LogP contribution < -0.4 is 10.6 Å². The minimum absolute atomic E-state index is 0.240. The van der Waals surface area contributed by atoms with Crippen LogP contribution in [0.4, 0.5) is 10.5 Å². The van der Waals surface area contributed by atoms with E-state index in [1.165, 1.54) is 7.11 Å². The molecule has 1 aliphatic heterocycles. The smallest absolute Gasteiger partial charge is 0.333 e. The number of para-hydroxylation sites is 1. The third-order valence-corrected chi connectivity index (χ3v) is 5.56. The van der Waals surface area contributed by atoms with Crippen molar-refractivity contribution in [3.8, 4) is 0 Å². The van der Waals surface area contributed by atoms with Crippen molar-refractivity contribution >= 4 is 39.5 Å². The van der Waals surface area contributed by atoms with Gasteiger partial charge in [0.1, 0.15) is 0 Å². The number of likely N-dealkylation sites (tertiary alicyclic amines) is 1. The molecule has 2 N–H and O–H groups in total. The van der Waals surface area contributed by atoms with Gasteiger partial charge in [-0.05, 0) is 42.7 Å². The van der Waals surface area contributed by atoms with Gasteiger partial charge < -0.3 is 20.3 Å². The molecule has 0 bridgehead atoms. The number of ether oxygens (including phenoxy) is 1. The zero-order valence-electron chi connectivity index (χ0n) is 16.6. The second-order valence-corrected chi connectivity index (χ2v) is 8.01. The van der Waals surface area contributed by atoms with Gasteiger partial charge >= 0.3 is 12.0 Å². The van der Waals surface area contributed by atoms with Gasteiger partial charge in [0.25, 0.3) is 0 Å². The number of piperidine rings is 1. The number of benzene rings is 2. The third-order valence-electron chi connectivity index (χ3n) is 5.03. The molecule has 0 spiro atoms. The Bertz CT molecular complexity index is 889. The molecule has 0 saturated carbocycles. The summed E-state index contributed by atoms with van der Waals surface area (Å²) < 4.78 is 5.74. The van der Waals surface area contributed by atoms with E-state index in [9.17, 15) is 14.4 Å². The van der Waals surface area contributed by atoms with Gasteiger partial charge in [-0.25, -0.2) is 9.59 Å². The zero-order chi connectivity index (χ0) is 21.5. The molecule has 30 heavy (non-hydrogen) atoms. The number of anilines is 1. The molecule has 8 heteroatoms. The van der Waals surface area contributed by atoms with E-state index in [0.717, 1.165) is 4.47 Å². The van der Waals surface area contributed by atoms with Crippen molar-refractivity contribution in [3.63, 3.8) is 0 Å². The maximum absolute atomic E-state index is 12.9. The lowest BCUT2D eigenvalue weighted by Gasteiger charge is -2.32. The van der Waals surface area contributed by atoms with E-state index < -0.39 is 17.9 Å². The number of methoxy groups -OCH3 is 1. The van der Waals surface area contributed by atoms with Gasteiger partial charge in [0.05, 0.1) is 13.0 Å². The number of carbonyl (C=O) groups excluding carboxylic acids is 3. The average Bonchev–Trinajstić information content (AvgIpc) is 2.78. The summed E-state index contributed by atoms with van der Waals surface area (Å²) >= 11 is 3.36. The van der Waals surface area contributed by atoms with E-state index in [1.54, 1.807) is 29.2 Å². The van der Waals surface area contributed by atoms with Crippen LogP contribution >= 0.6 is 15.9 Å². The number of hydrogen-bond donors (Lipinski definition) is 2. The summed E-state index contributed by atoms with van der Waals surface area (Å²) in [6.07, 6.45) is 1.36. The van der Waals surface area contributed by atoms with E-state index in [2.05, 4.69) is 26.6 Å². The van der Waals surface area contributed by atoms with Crippen LogP contribution in [-0.2, 0) is 14.3 Å². The summed E-state index contributed by atoms with van der Waals surface area (Å²) in [5.41, 5.74) is 1.34. The maximum atomic E-state index is 12.9. The highest BCUT2D eigenvalue weighted by atomic mass is 79.9. The van der Waals surface area contributed by atoms with Crippen LogP contribution in [0.5, 0.6) is 0 Å². The number of esters is 1. The molecule has 158 valence electrons. The number of halogens is 1. The highest BCUT2D eigenvalue weighted by Gasteiger charge is 2.32. The maximum Gasteiger partial charge on any atom is 0.333 e. The van der Waals surface area contributed by atoms with Crippen molar-refractivity contribution in [2.75, 3.05) is 25.5 Å². The quantitative estimate of drug-likeness (QED) is 0.647. The highest BCUT2D eigenvalue weighted by Crippen LogP contribution is 2.22. The molecule has 1 saturated heterocycles. The normalized spacial score (nSPS) is 17.0. The van der Waals surface area contributed by atoms with E-state index in [1.807, 2.05) is 30.3 Å². The zero-order valence-corrected chi connectivity index (χ0v) is 18.2. The molecule has 0 radical (unpaired) electrons. The fourth-order valence-electron chi connectivity index (χ4n) is 3.41. The van der Waals surface area contributed by atoms with Crippen LogP contribution in [0.15, 0.2) is 59.1 Å². The van der Waals surface area contributed by atoms with Gasteiger partial charge in [0.2, 0.25) is 5.91 Å². The molecular weight excluding hydrogens is 450 g/mol. The Hall–Kier alpha value is -2.87. The number of nitrogens with one attached hydrogen (secondary N) is 2. The molecule has 0 aliphatic carbocycles. The van der Waals surface area contributed by atoms with Gasteiger partial charge in [-0.3, -0.25) is 4.79 Å². The number of nitrogens with zero attached hydrogens (tertiary/aromatic N) is 1. The minimum Gasteiger partial charge on any atom is -0.467 e. The Morgan fingerprint density at radius 3 is 2.47 bits per heavy atom. The molecule has 3 amide bonds. The van der Waals surface area contributed by atoms with Gasteiger partial charge in [-0.15, -0.1) is 0 Å². The predicted molar refractivity (Wildman–Crippen MR) is 117 cm³/mol. The van der Waals surface area contributed by atoms with Gasteiger partial charge in [-0.2, -0.15) is 0 Å². The molecule has 0 unspecified atom stereocenters. The SMILES string of the molecule is COC(=O)[C@H](NC(=O)[C@@H]1CCCN(C(=O)Nc2ccccc2)C1)c1ccc(Br)cc1. The molecule has 1 fully saturated rings. The van der Waals surface area contributed by atoms with Gasteiger partial charge in [0, 0.05) is 23.2 Å². The Kier molecular flexibility index (Phi) is 7.46. The molecule has 0 aromatic heterocycles. The van der Waals surface area contributed by atoms with Crippen molar-refractivity contribution in [3.05, 3.63) is 64.6 Å². The van der Waals surface area contributed by atoms with E-state index in [-0.39, 0.29) is 11.9 Å². The summed E-state index contributed by atoms with van der Waals surface area (Å²) in [6.45, 7) is 0.869.